The minimum absolute atomic E-state index is 0.201. The molecule has 0 aliphatic carbocycles. The van der Waals surface area contributed by atoms with Crippen LogP contribution in [-0.2, 0) is 17.8 Å². The predicted octanol–water partition coefficient (Wildman–Crippen LogP) is 2.28. The van der Waals surface area contributed by atoms with E-state index < -0.39 is 0 Å². The van der Waals surface area contributed by atoms with Gasteiger partial charge in [0.25, 0.3) is 0 Å². The fourth-order valence-corrected chi connectivity index (χ4v) is 2.11. The van der Waals surface area contributed by atoms with Gasteiger partial charge in [0.15, 0.2) is 0 Å². The van der Waals surface area contributed by atoms with E-state index in [0.29, 0.717) is 18.5 Å². The first-order valence-corrected chi connectivity index (χ1v) is 5.73. The smallest absolute Gasteiger partial charge is 0.132 e. The molecule has 4 heteroatoms. The monoisotopic (exact) mass is 236 g/mol. The Balaban J connectivity index is 2.39. The molecule has 0 radical (unpaired) electrons. The van der Waals surface area contributed by atoms with Crippen LogP contribution in [0, 0.1) is 5.82 Å². The van der Waals surface area contributed by atoms with Gasteiger partial charge < -0.3 is 15.0 Å². The maximum atomic E-state index is 13.7. The molecule has 0 saturated carbocycles. The van der Waals surface area contributed by atoms with Gasteiger partial charge in [-0.25, -0.2) is 4.39 Å². The third-order valence-corrected chi connectivity index (χ3v) is 2.90. The summed E-state index contributed by atoms with van der Waals surface area (Å²) in [5, 5.41) is 0.646. The molecule has 1 aromatic heterocycles. The topological polar surface area (TPSA) is 40.2 Å². The molecular formula is C13H17FN2O. The van der Waals surface area contributed by atoms with Crippen molar-refractivity contribution in [1.29, 1.82) is 0 Å². The maximum absolute atomic E-state index is 13.7. The third kappa shape index (κ3) is 2.33. The normalized spacial score (nSPS) is 11.2. The molecule has 0 fully saturated rings. The maximum Gasteiger partial charge on any atom is 0.132 e. The van der Waals surface area contributed by atoms with Crippen molar-refractivity contribution in [2.75, 3.05) is 13.7 Å². The summed E-state index contributed by atoms with van der Waals surface area (Å²) in [6, 6.07) is 5.12. The number of methoxy groups -OCH3 is 1. The lowest BCUT2D eigenvalue weighted by Crippen LogP contribution is -2.00. The van der Waals surface area contributed by atoms with Crippen LogP contribution in [0.4, 0.5) is 4.39 Å². The number of halogens is 1. The molecule has 0 bridgehead atoms. The van der Waals surface area contributed by atoms with Crippen LogP contribution in [0.15, 0.2) is 24.4 Å². The molecule has 0 unspecified atom stereocenters. The molecule has 17 heavy (non-hydrogen) atoms. The zero-order valence-electron chi connectivity index (χ0n) is 9.95. The van der Waals surface area contributed by atoms with E-state index in [1.165, 1.54) is 6.07 Å². The number of fused-ring (bicyclic) bond motifs is 1. The van der Waals surface area contributed by atoms with Crippen LogP contribution in [0.25, 0.3) is 10.9 Å². The van der Waals surface area contributed by atoms with Crippen molar-refractivity contribution in [3.05, 3.63) is 35.8 Å². The summed E-state index contributed by atoms with van der Waals surface area (Å²) in [4.78, 5) is 0. The van der Waals surface area contributed by atoms with Crippen molar-refractivity contribution in [3.8, 4) is 0 Å². The van der Waals surface area contributed by atoms with E-state index in [1.807, 2.05) is 16.8 Å². The van der Waals surface area contributed by atoms with Crippen LogP contribution in [-0.4, -0.2) is 18.3 Å². The van der Waals surface area contributed by atoms with Crippen molar-refractivity contribution >= 4 is 10.9 Å². The van der Waals surface area contributed by atoms with Gasteiger partial charge in [-0.2, -0.15) is 0 Å². The van der Waals surface area contributed by atoms with Gasteiger partial charge in [-0.3, -0.25) is 0 Å². The summed E-state index contributed by atoms with van der Waals surface area (Å²) < 4.78 is 20.8. The minimum atomic E-state index is -0.201. The molecule has 0 spiro atoms. The fourth-order valence-electron chi connectivity index (χ4n) is 2.11. The first-order valence-electron chi connectivity index (χ1n) is 5.73. The molecule has 2 aromatic rings. The van der Waals surface area contributed by atoms with Gasteiger partial charge in [0.1, 0.15) is 5.82 Å². The van der Waals surface area contributed by atoms with Gasteiger partial charge in [0.2, 0.25) is 0 Å². The molecule has 1 aromatic carbocycles. The summed E-state index contributed by atoms with van der Waals surface area (Å²) in [6.07, 6.45) is 2.84. The Morgan fingerprint density at radius 3 is 2.94 bits per heavy atom. The summed E-state index contributed by atoms with van der Waals surface area (Å²) >= 11 is 0. The largest absolute Gasteiger partial charge is 0.385 e. The van der Waals surface area contributed by atoms with Gasteiger partial charge in [0, 0.05) is 38.4 Å². The SMILES string of the molecule is COCCCn1cc(CN)c2c(F)cccc21. The number of ether oxygens (including phenoxy) is 1. The number of aryl methyl sites for hydroxylation is 1. The van der Waals surface area contributed by atoms with Gasteiger partial charge >= 0.3 is 0 Å². The van der Waals surface area contributed by atoms with E-state index in [-0.39, 0.29) is 5.82 Å². The number of aromatic nitrogens is 1. The van der Waals surface area contributed by atoms with E-state index in [2.05, 4.69) is 0 Å². The Labute approximate surface area is 100.0 Å². The first-order chi connectivity index (χ1) is 8.27. The first kappa shape index (κ1) is 12.1. The summed E-state index contributed by atoms with van der Waals surface area (Å²) in [6.45, 7) is 1.87. The van der Waals surface area contributed by atoms with Crippen LogP contribution in [0.1, 0.15) is 12.0 Å². The Kier molecular flexibility index (Phi) is 3.76. The number of benzene rings is 1. The molecule has 2 rings (SSSR count). The Bertz CT molecular complexity index is 507. The zero-order valence-corrected chi connectivity index (χ0v) is 9.95. The summed E-state index contributed by atoms with van der Waals surface area (Å²) in [5.74, 6) is -0.201. The molecule has 0 aliphatic heterocycles. The van der Waals surface area contributed by atoms with Crippen molar-refractivity contribution in [3.63, 3.8) is 0 Å². The standard InChI is InChI=1S/C13H17FN2O/c1-17-7-3-6-16-9-10(8-15)13-11(14)4-2-5-12(13)16/h2,4-5,9H,3,6-8,15H2,1H3. The van der Waals surface area contributed by atoms with Gasteiger partial charge in [0.05, 0.1) is 5.52 Å². The number of nitrogens with zero attached hydrogens (tertiary/aromatic N) is 1. The fraction of sp³-hybridized carbons (Fsp3) is 0.385. The van der Waals surface area contributed by atoms with E-state index >= 15 is 0 Å². The number of hydrogen-bond acceptors (Lipinski definition) is 2. The second-order valence-corrected chi connectivity index (χ2v) is 4.03. The highest BCUT2D eigenvalue weighted by atomic mass is 19.1. The van der Waals surface area contributed by atoms with Crippen molar-refractivity contribution in [2.45, 2.75) is 19.5 Å². The lowest BCUT2D eigenvalue weighted by Gasteiger charge is -2.04. The average Bonchev–Trinajstić information content (AvgIpc) is 2.70. The molecule has 2 N–H and O–H groups in total. The summed E-state index contributed by atoms with van der Waals surface area (Å²) in [7, 11) is 1.68. The molecule has 0 aliphatic rings. The average molecular weight is 236 g/mol. The highest BCUT2D eigenvalue weighted by Crippen LogP contribution is 2.24. The molecule has 3 nitrogen and oxygen atoms in total. The Morgan fingerprint density at radius 2 is 2.24 bits per heavy atom. The number of nitrogens with two attached hydrogens (primary N) is 1. The van der Waals surface area contributed by atoms with Crippen molar-refractivity contribution < 1.29 is 9.13 Å². The number of rotatable bonds is 5. The highest BCUT2D eigenvalue weighted by Gasteiger charge is 2.10. The molecule has 0 amide bonds. The second-order valence-electron chi connectivity index (χ2n) is 4.03. The molecule has 92 valence electrons. The van der Waals surface area contributed by atoms with E-state index in [1.54, 1.807) is 13.2 Å². The third-order valence-electron chi connectivity index (χ3n) is 2.90. The van der Waals surface area contributed by atoms with Gasteiger partial charge in [-0.1, -0.05) is 6.07 Å². The van der Waals surface area contributed by atoms with Gasteiger partial charge in [-0.15, -0.1) is 0 Å². The van der Waals surface area contributed by atoms with Crippen LogP contribution < -0.4 is 5.73 Å². The van der Waals surface area contributed by atoms with Crippen LogP contribution >= 0.6 is 0 Å². The van der Waals surface area contributed by atoms with Gasteiger partial charge in [-0.05, 0) is 24.1 Å². The van der Waals surface area contributed by atoms with Crippen LogP contribution in [0.5, 0.6) is 0 Å². The molecule has 0 atom stereocenters. The second kappa shape index (κ2) is 5.29. The van der Waals surface area contributed by atoms with Crippen LogP contribution in [0.2, 0.25) is 0 Å². The quantitative estimate of drug-likeness (QED) is 0.809. The van der Waals surface area contributed by atoms with Crippen molar-refractivity contribution in [1.82, 2.24) is 4.57 Å². The molecule has 0 saturated heterocycles. The lowest BCUT2D eigenvalue weighted by atomic mass is 10.1. The molecule has 1 heterocycles. The highest BCUT2D eigenvalue weighted by molar-refractivity contribution is 5.84. The summed E-state index contributed by atoms with van der Waals surface area (Å²) in [5.41, 5.74) is 7.41. The van der Waals surface area contributed by atoms with Crippen molar-refractivity contribution in [2.24, 2.45) is 5.73 Å². The molecular weight excluding hydrogens is 219 g/mol. The van der Waals surface area contributed by atoms with Crippen LogP contribution in [0.3, 0.4) is 0 Å². The lowest BCUT2D eigenvalue weighted by molar-refractivity contribution is 0.190. The predicted molar refractivity (Wildman–Crippen MR) is 66.3 cm³/mol. The Morgan fingerprint density at radius 1 is 1.41 bits per heavy atom. The Hall–Kier alpha value is -1.39. The minimum Gasteiger partial charge on any atom is -0.385 e. The van der Waals surface area contributed by atoms with E-state index in [0.717, 1.165) is 24.0 Å². The zero-order chi connectivity index (χ0) is 12.3. The number of hydrogen-bond donors (Lipinski definition) is 1. The van der Waals surface area contributed by atoms with E-state index in [9.17, 15) is 4.39 Å². The van der Waals surface area contributed by atoms with E-state index in [4.69, 9.17) is 10.5 Å².